The summed E-state index contributed by atoms with van der Waals surface area (Å²) < 4.78 is 47.8. The average molecular weight is 502 g/mol. The van der Waals surface area contributed by atoms with Crippen LogP contribution in [0.25, 0.3) is 32.7 Å². The van der Waals surface area contributed by atoms with E-state index in [-0.39, 0.29) is 16.3 Å². The van der Waals surface area contributed by atoms with E-state index in [1.54, 1.807) is 36.4 Å². The van der Waals surface area contributed by atoms with Crippen molar-refractivity contribution in [3.63, 3.8) is 0 Å². The molecule has 5 aromatic carbocycles. The van der Waals surface area contributed by atoms with Gasteiger partial charge in [-0.3, -0.25) is 4.89 Å². The van der Waals surface area contributed by atoms with Crippen LogP contribution in [0.5, 0.6) is 5.75 Å². The fourth-order valence-corrected chi connectivity index (χ4v) is 8.13. The lowest BCUT2D eigenvalue weighted by molar-refractivity contribution is 0.383. The SMILES string of the molecule is Cc1ccc(S(=O)(=O)N2c3ccc4ccccc4c3-c3c(ccc4ccccc34)OP2(=O)O)cc1. The first kappa shape index (κ1) is 21.9. The number of rotatable bonds is 2. The molecule has 0 amide bonds. The summed E-state index contributed by atoms with van der Waals surface area (Å²) in [6, 6.07) is 28.1. The lowest BCUT2D eigenvalue weighted by Crippen LogP contribution is -2.29. The normalized spacial score (nSPS) is 17.5. The molecule has 6 rings (SSSR count). The average Bonchev–Trinajstić information content (AvgIpc) is 2.95. The van der Waals surface area contributed by atoms with Crippen molar-refractivity contribution >= 4 is 45.0 Å². The Morgan fingerprint density at radius 1 is 0.743 bits per heavy atom. The van der Waals surface area contributed by atoms with Crippen LogP contribution in [0.4, 0.5) is 5.69 Å². The number of nitrogens with zero attached hydrogens (tertiary/aromatic N) is 1. The molecule has 174 valence electrons. The molecular weight excluding hydrogens is 481 g/mol. The van der Waals surface area contributed by atoms with Gasteiger partial charge in [0.1, 0.15) is 5.75 Å². The summed E-state index contributed by atoms with van der Waals surface area (Å²) in [5, 5.41) is 3.30. The van der Waals surface area contributed by atoms with Gasteiger partial charge in [-0.15, -0.1) is 0 Å². The van der Waals surface area contributed by atoms with Crippen molar-refractivity contribution in [2.75, 3.05) is 4.08 Å². The summed E-state index contributed by atoms with van der Waals surface area (Å²) >= 11 is 0. The lowest BCUT2D eigenvalue weighted by atomic mass is 9.92. The molecule has 1 N–H and O–H groups in total. The van der Waals surface area contributed by atoms with Crippen molar-refractivity contribution in [2.45, 2.75) is 11.8 Å². The van der Waals surface area contributed by atoms with Crippen LogP contribution in [0.2, 0.25) is 0 Å². The first-order chi connectivity index (χ1) is 16.8. The van der Waals surface area contributed by atoms with Crippen LogP contribution >= 0.6 is 7.75 Å². The van der Waals surface area contributed by atoms with Crippen molar-refractivity contribution in [1.82, 2.24) is 0 Å². The maximum Gasteiger partial charge on any atom is 0.500 e. The number of sulfonamides is 1. The Morgan fingerprint density at radius 2 is 1.31 bits per heavy atom. The Hall–Kier alpha value is -3.64. The number of fused-ring (bicyclic) bond motifs is 7. The molecule has 8 heteroatoms. The van der Waals surface area contributed by atoms with Gasteiger partial charge in [-0.1, -0.05) is 78.4 Å². The van der Waals surface area contributed by atoms with Crippen molar-refractivity contribution in [3.05, 3.63) is 103 Å². The number of benzene rings is 5. The van der Waals surface area contributed by atoms with Gasteiger partial charge in [-0.2, -0.15) is 4.08 Å². The van der Waals surface area contributed by atoms with Crippen molar-refractivity contribution in [3.8, 4) is 16.9 Å². The third-order valence-corrected chi connectivity index (χ3v) is 10.1. The minimum absolute atomic E-state index is 0.0882. The predicted molar refractivity (Wildman–Crippen MR) is 138 cm³/mol. The van der Waals surface area contributed by atoms with Crippen LogP contribution in [0.3, 0.4) is 0 Å². The molecule has 0 saturated carbocycles. The third-order valence-electron chi connectivity index (χ3n) is 6.25. The smallest absolute Gasteiger partial charge is 0.408 e. The van der Waals surface area contributed by atoms with Crippen LogP contribution in [0, 0.1) is 6.92 Å². The van der Waals surface area contributed by atoms with E-state index in [2.05, 4.69) is 0 Å². The molecule has 0 spiro atoms. The molecule has 1 aliphatic heterocycles. The van der Waals surface area contributed by atoms with Gasteiger partial charge in [-0.05, 0) is 52.7 Å². The van der Waals surface area contributed by atoms with E-state index >= 15 is 0 Å². The molecule has 35 heavy (non-hydrogen) atoms. The summed E-state index contributed by atoms with van der Waals surface area (Å²) in [6.45, 7) is 1.84. The van der Waals surface area contributed by atoms with Gasteiger partial charge in [0.2, 0.25) is 0 Å². The molecule has 5 aromatic rings. The van der Waals surface area contributed by atoms with Crippen LogP contribution < -0.4 is 8.60 Å². The van der Waals surface area contributed by atoms with Crippen LogP contribution in [0.1, 0.15) is 5.56 Å². The minimum Gasteiger partial charge on any atom is -0.408 e. The summed E-state index contributed by atoms with van der Waals surface area (Å²) in [5.41, 5.74) is 2.06. The fraction of sp³-hybridized carbons (Fsp3) is 0.0370. The van der Waals surface area contributed by atoms with E-state index in [0.29, 0.717) is 15.2 Å². The Morgan fingerprint density at radius 3 is 1.97 bits per heavy atom. The standard InChI is InChI=1S/C27H20NO5PS/c1-18-10-14-21(15-11-18)35(31,32)28-24-16-12-19-6-2-4-8-22(19)26(24)27-23-9-5-3-7-20(23)13-17-25(27)33-34(28,29)30/h2-17H,1H3,(H,29,30). The minimum atomic E-state index is -4.91. The first-order valence-corrected chi connectivity index (χ1v) is 13.9. The van der Waals surface area contributed by atoms with Crippen molar-refractivity contribution in [2.24, 2.45) is 0 Å². The second-order valence-corrected chi connectivity index (χ2v) is 12.1. The van der Waals surface area contributed by atoms with Gasteiger partial charge in [0.25, 0.3) is 10.0 Å². The molecule has 1 heterocycles. The predicted octanol–water partition coefficient (Wildman–Crippen LogP) is 6.66. The number of anilines is 1. The molecule has 1 atom stereocenters. The topological polar surface area (TPSA) is 83.9 Å². The van der Waals surface area contributed by atoms with Gasteiger partial charge in [-0.25, -0.2) is 13.0 Å². The Kier molecular flexibility index (Phi) is 4.80. The summed E-state index contributed by atoms with van der Waals surface area (Å²) in [6.07, 6.45) is 0. The molecule has 0 saturated heterocycles. The second-order valence-electron chi connectivity index (χ2n) is 8.48. The highest BCUT2D eigenvalue weighted by Gasteiger charge is 2.46. The maximum atomic E-state index is 13.9. The van der Waals surface area contributed by atoms with E-state index < -0.39 is 17.8 Å². The first-order valence-electron chi connectivity index (χ1n) is 11.0. The van der Waals surface area contributed by atoms with Gasteiger partial charge in [0, 0.05) is 11.1 Å². The zero-order valence-electron chi connectivity index (χ0n) is 18.6. The molecule has 0 aliphatic carbocycles. The molecule has 0 fully saturated rings. The Labute approximate surface area is 202 Å². The highest BCUT2D eigenvalue weighted by Crippen LogP contribution is 2.61. The van der Waals surface area contributed by atoms with Crippen molar-refractivity contribution < 1.29 is 22.4 Å². The summed E-state index contributed by atoms with van der Waals surface area (Å²) in [5.74, 6) is 0.147. The van der Waals surface area contributed by atoms with E-state index in [9.17, 15) is 17.9 Å². The maximum absolute atomic E-state index is 13.9. The molecule has 0 aromatic heterocycles. The summed E-state index contributed by atoms with van der Waals surface area (Å²) in [4.78, 5) is 11.1. The Bertz CT molecular complexity index is 1800. The van der Waals surface area contributed by atoms with E-state index in [1.165, 1.54) is 12.1 Å². The number of hydrogen-bond acceptors (Lipinski definition) is 4. The second kappa shape index (κ2) is 7.68. The monoisotopic (exact) mass is 501 g/mol. The molecule has 1 aliphatic rings. The lowest BCUT2D eigenvalue weighted by Gasteiger charge is -2.27. The summed E-state index contributed by atoms with van der Waals surface area (Å²) in [7, 11) is -9.38. The van der Waals surface area contributed by atoms with Gasteiger partial charge in [0.05, 0.1) is 10.6 Å². The Balaban J connectivity index is 1.77. The highest BCUT2D eigenvalue weighted by atomic mass is 32.2. The number of hydrogen-bond donors (Lipinski definition) is 1. The van der Waals surface area contributed by atoms with Crippen molar-refractivity contribution in [1.29, 1.82) is 0 Å². The largest absolute Gasteiger partial charge is 0.500 e. The zero-order chi connectivity index (χ0) is 24.4. The molecule has 6 nitrogen and oxygen atoms in total. The van der Waals surface area contributed by atoms with Crippen LogP contribution in [-0.2, 0) is 14.6 Å². The van der Waals surface area contributed by atoms with E-state index in [4.69, 9.17) is 4.52 Å². The highest BCUT2D eigenvalue weighted by molar-refractivity contribution is 7.99. The van der Waals surface area contributed by atoms with E-state index in [0.717, 1.165) is 27.1 Å². The van der Waals surface area contributed by atoms with Crippen LogP contribution in [-0.4, -0.2) is 13.3 Å². The fourth-order valence-electron chi connectivity index (χ4n) is 4.64. The molecule has 1 unspecified atom stereocenters. The zero-order valence-corrected chi connectivity index (χ0v) is 20.3. The third kappa shape index (κ3) is 3.35. The van der Waals surface area contributed by atoms with Gasteiger partial charge in [0.15, 0.2) is 0 Å². The van der Waals surface area contributed by atoms with E-state index in [1.807, 2.05) is 55.5 Å². The van der Waals surface area contributed by atoms with Gasteiger partial charge < -0.3 is 4.52 Å². The molecule has 0 radical (unpaired) electrons. The molecular formula is C27H20NO5PS. The molecule has 0 bridgehead atoms. The quantitative estimate of drug-likeness (QED) is 0.274. The van der Waals surface area contributed by atoms with Crippen LogP contribution in [0.15, 0.2) is 102 Å². The number of aryl methyl sites for hydroxylation is 1. The van der Waals surface area contributed by atoms with Gasteiger partial charge >= 0.3 is 7.75 Å².